The van der Waals surface area contributed by atoms with Crippen LogP contribution in [0.25, 0.3) is 105 Å². The lowest BCUT2D eigenvalue weighted by molar-refractivity contribution is 1.62. The highest BCUT2D eigenvalue weighted by atomic mass is 32.1. The van der Waals surface area contributed by atoms with Gasteiger partial charge >= 0.3 is 0 Å². The maximum atomic E-state index is 2.40. The van der Waals surface area contributed by atoms with E-state index >= 15 is 0 Å². The van der Waals surface area contributed by atoms with Crippen LogP contribution in [0.2, 0.25) is 0 Å². The van der Waals surface area contributed by atoms with Gasteiger partial charge in [-0.2, -0.15) is 0 Å². The first-order valence-corrected chi connectivity index (χ1v) is 19.1. The number of fused-ring (bicyclic) bond motifs is 9. The molecule has 0 N–H and O–H groups in total. The minimum Gasteiger partial charge on any atom is -0.144 e. The predicted molar refractivity (Wildman–Crippen MR) is 219 cm³/mol. The molecule has 3 heteroatoms. The van der Waals surface area contributed by atoms with Crippen molar-refractivity contribution in [2.45, 2.75) is 0 Å². The highest BCUT2D eigenvalue weighted by molar-refractivity contribution is 7.36. The van der Waals surface area contributed by atoms with Crippen LogP contribution < -0.4 is 0 Å². The van der Waals surface area contributed by atoms with Crippen molar-refractivity contribution < 1.29 is 0 Å². The molecule has 0 unspecified atom stereocenters. The Labute approximate surface area is 294 Å². The average Bonchev–Trinajstić information content (AvgIpc) is 3.86. The number of rotatable bonds is 3. The summed E-state index contributed by atoms with van der Waals surface area (Å²) < 4.78 is 6.90. The van der Waals surface area contributed by atoms with Gasteiger partial charge in [-0.05, 0) is 137 Å². The molecule has 3 heterocycles. The van der Waals surface area contributed by atoms with Crippen LogP contribution in [0.3, 0.4) is 0 Å². The fraction of sp³-hybridized carbons (Fsp3) is 0. The van der Waals surface area contributed by atoms with Crippen LogP contribution >= 0.6 is 34.0 Å². The summed E-state index contributed by atoms with van der Waals surface area (Å²) in [7, 11) is 0. The molecule has 0 nitrogen and oxygen atoms in total. The van der Waals surface area contributed by atoms with Gasteiger partial charge < -0.3 is 0 Å². The van der Waals surface area contributed by atoms with E-state index in [-0.39, 0.29) is 0 Å². The summed E-state index contributed by atoms with van der Waals surface area (Å²) in [6.45, 7) is 0. The van der Waals surface area contributed by atoms with Gasteiger partial charge in [0.15, 0.2) is 0 Å². The summed E-state index contributed by atoms with van der Waals surface area (Å²) in [5.41, 5.74) is 7.50. The second kappa shape index (κ2) is 10.6. The van der Waals surface area contributed by atoms with Crippen molar-refractivity contribution in [2.75, 3.05) is 0 Å². The summed E-state index contributed by atoms with van der Waals surface area (Å²) in [6, 6.07) is 56.8. The van der Waals surface area contributed by atoms with Crippen molar-refractivity contribution in [1.82, 2.24) is 0 Å². The summed E-state index contributed by atoms with van der Waals surface area (Å²) in [5.74, 6) is 0. The lowest BCUT2D eigenvalue weighted by Crippen LogP contribution is -1.83. The maximum absolute atomic E-state index is 2.40. The van der Waals surface area contributed by atoms with Gasteiger partial charge in [0.05, 0.1) is 9.40 Å². The van der Waals surface area contributed by atoms with Gasteiger partial charge in [0.25, 0.3) is 0 Å². The number of benzene rings is 8. The Kier molecular flexibility index (Phi) is 5.97. The number of hydrogen-bond donors (Lipinski definition) is 0. The Hall–Kier alpha value is -5.32. The van der Waals surface area contributed by atoms with Gasteiger partial charge in [-0.3, -0.25) is 0 Å². The maximum Gasteiger partial charge on any atom is 0.0542 e. The molecule has 8 aromatic carbocycles. The smallest absolute Gasteiger partial charge is 0.0542 e. The van der Waals surface area contributed by atoms with Crippen LogP contribution in [-0.2, 0) is 0 Å². The van der Waals surface area contributed by atoms with E-state index in [1.54, 1.807) is 11.3 Å². The second-order valence-electron chi connectivity index (χ2n) is 13.0. The second-order valence-corrected chi connectivity index (χ2v) is 16.0. The Morgan fingerprint density at radius 1 is 0.286 bits per heavy atom. The first kappa shape index (κ1) is 27.6. The highest BCUT2D eigenvalue weighted by Crippen LogP contribution is 2.46. The van der Waals surface area contributed by atoms with Gasteiger partial charge in [0, 0.05) is 24.9 Å². The summed E-state index contributed by atoms with van der Waals surface area (Å²) in [6.07, 6.45) is 0. The normalized spacial score (nSPS) is 12.1. The zero-order valence-electron chi connectivity index (χ0n) is 26.2. The van der Waals surface area contributed by atoms with Crippen LogP contribution in [0.5, 0.6) is 0 Å². The lowest BCUT2D eigenvalue weighted by Gasteiger charge is -2.09. The van der Waals surface area contributed by atoms with Crippen LogP contribution in [0, 0.1) is 0 Å². The molecule has 228 valence electrons. The SMILES string of the molecule is c1ccc2cc3c(cc2c1)sc1c2cc4ccc(-c5ccc6cc(-c7ccc(-c8ccc9sccc9c8)cc7)ccc6c5)cc4cc2sc31. The van der Waals surface area contributed by atoms with E-state index in [1.165, 1.54) is 105 Å². The summed E-state index contributed by atoms with van der Waals surface area (Å²) in [5, 5.41) is 14.0. The molecule has 0 aliphatic carbocycles. The Morgan fingerprint density at radius 3 is 1.33 bits per heavy atom. The van der Waals surface area contributed by atoms with E-state index in [0.717, 1.165) is 0 Å². The summed E-state index contributed by atoms with van der Waals surface area (Å²) in [4.78, 5) is 0. The third kappa shape index (κ3) is 4.47. The van der Waals surface area contributed by atoms with Crippen LogP contribution in [0.4, 0.5) is 0 Å². The van der Waals surface area contributed by atoms with Crippen molar-refractivity contribution in [3.63, 3.8) is 0 Å². The van der Waals surface area contributed by atoms with Gasteiger partial charge in [-0.15, -0.1) is 34.0 Å². The highest BCUT2D eigenvalue weighted by Gasteiger charge is 2.14. The van der Waals surface area contributed by atoms with Crippen LogP contribution in [0.15, 0.2) is 157 Å². The third-order valence-corrected chi connectivity index (χ3v) is 13.5. The van der Waals surface area contributed by atoms with Crippen molar-refractivity contribution in [1.29, 1.82) is 0 Å². The van der Waals surface area contributed by atoms with Gasteiger partial charge in [-0.25, -0.2) is 0 Å². The van der Waals surface area contributed by atoms with Gasteiger partial charge in [-0.1, -0.05) is 91.0 Å². The molecule has 0 fully saturated rings. The fourth-order valence-electron chi connectivity index (χ4n) is 7.47. The monoisotopic (exact) mass is 674 g/mol. The van der Waals surface area contributed by atoms with Crippen molar-refractivity contribution in [2.24, 2.45) is 0 Å². The molecule has 0 radical (unpaired) electrons. The molecule has 0 atom stereocenters. The van der Waals surface area contributed by atoms with E-state index in [4.69, 9.17) is 0 Å². The molecule has 0 aliphatic rings. The Balaban J connectivity index is 0.920. The predicted octanol–water partition coefficient (Wildman–Crippen LogP) is 14.9. The minimum absolute atomic E-state index is 1.24. The molecule has 0 bridgehead atoms. The van der Waals surface area contributed by atoms with Crippen molar-refractivity contribution >= 4 is 106 Å². The molecule has 0 saturated carbocycles. The first-order chi connectivity index (χ1) is 24.2. The molecule has 11 rings (SSSR count). The molecular weight excluding hydrogens is 649 g/mol. The lowest BCUT2D eigenvalue weighted by atomic mass is 9.95. The summed E-state index contributed by atoms with van der Waals surface area (Å²) >= 11 is 5.66. The van der Waals surface area contributed by atoms with Crippen LogP contribution in [0.1, 0.15) is 0 Å². The molecule has 0 aliphatic heterocycles. The number of hydrogen-bond acceptors (Lipinski definition) is 3. The Morgan fingerprint density at radius 2 is 0.714 bits per heavy atom. The molecule has 0 amide bonds. The van der Waals surface area contributed by atoms with Crippen molar-refractivity contribution in [3.8, 4) is 33.4 Å². The molecule has 3 aromatic heterocycles. The first-order valence-electron chi connectivity index (χ1n) is 16.5. The van der Waals surface area contributed by atoms with E-state index in [1.807, 2.05) is 22.7 Å². The molecular formula is C46H26S3. The quantitative estimate of drug-likeness (QED) is 0.175. The van der Waals surface area contributed by atoms with Gasteiger partial charge in [0.1, 0.15) is 0 Å². The topological polar surface area (TPSA) is 0 Å². The van der Waals surface area contributed by atoms with E-state index in [0.29, 0.717) is 0 Å². The van der Waals surface area contributed by atoms with E-state index in [9.17, 15) is 0 Å². The van der Waals surface area contributed by atoms with Crippen molar-refractivity contribution in [3.05, 3.63) is 157 Å². The largest absolute Gasteiger partial charge is 0.144 e. The van der Waals surface area contributed by atoms with E-state index in [2.05, 4.69) is 157 Å². The number of thiophene rings is 3. The van der Waals surface area contributed by atoms with E-state index < -0.39 is 0 Å². The molecule has 0 saturated heterocycles. The minimum atomic E-state index is 1.24. The van der Waals surface area contributed by atoms with Crippen LogP contribution in [-0.4, -0.2) is 0 Å². The zero-order chi connectivity index (χ0) is 32.1. The van der Waals surface area contributed by atoms with Gasteiger partial charge in [0.2, 0.25) is 0 Å². The average molecular weight is 675 g/mol. The standard InChI is InChI=1S/C46H26S3/c1-2-4-30-25-43-40(23-29(30)3-1)45-46(48-43)41-24-37-14-13-36(22-39(37)26-44(41)49-45)35-12-11-33-19-31(9-10-34(33)20-35)27-5-7-28(8-6-27)32-15-16-42-38(21-32)17-18-47-42/h1-26H. The molecule has 49 heavy (non-hydrogen) atoms. The molecule has 0 spiro atoms. The zero-order valence-corrected chi connectivity index (χ0v) is 28.7. The third-order valence-electron chi connectivity index (χ3n) is 10.1. The Bertz CT molecular complexity index is 3100. The molecule has 11 aromatic rings. The fourth-order valence-corrected chi connectivity index (χ4v) is 10.9.